The number of alkyl halides is 3. The Kier molecular flexibility index (Phi) is 3.85. The van der Waals surface area contributed by atoms with E-state index in [9.17, 15) is 13.2 Å². The van der Waals surface area contributed by atoms with E-state index in [1.54, 1.807) is 20.8 Å². The van der Waals surface area contributed by atoms with E-state index in [1.165, 1.54) is 13.2 Å². The minimum Gasteiger partial charge on any atom is -0.495 e. The highest BCUT2D eigenvalue weighted by atomic mass is 19.4. The van der Waals surface area contributed by atoms with Crippen LogP contribution in [0, 0.1) is 6.92 Å². The standard InChI is InChI=1S/C11H14F3NO2/c1-6(2)8-5-9(16-4)7(3)15-10(8)17-11(12,13)14/h5-6H,1-4H3. The van der Waals surface area contributed by atoms with E-state index in [-0.39, 0.29) is 5.92 Å². The third kappa shape index (κ3) is 3.51. The molecule has 0 aliphatic carbocycles. The van der Waals surface area contributed by atoms with Crippen molar-refractivity contribution in [2.75, 3.05) is 7.11 Å². The van der Waals surface area contributed by atoms with Crippen LogP contribution in [0.15, 0.2) is 6.07 Å². The van der Waals surface area contributed by atoms with Crippen molar-refractivity contribution in [1.82, 2.24) is 4.98 Å². The third-order valence-corrected chi connectivity index (χ3v) is 2.21. The first-order chi connectivity index (χ1) is 7.74. The molecule has 0 N–H and O–H groups in total. The molecule has 0 atom stereocenters. The van der Waals surface area contributed by atoms with E-state index in [1.807, 2.05) is 0 Å². The molecule has 0 radical (unpaired) electrons. The highest BCUT2D eigenvalue weighted by Crippen LogP contribution is 2.33. The maximum absolute atomic E-state index is 12.2. The first-order valence-electron chi connectivity index (χ1n) is 5.06. The molecule has 17 heavy (non-hydrogen) atoms. The van der Waals surface area contributed by atoms with Gasteiger partial charge in [-0.2, -0.15) is 0 Å². The molecule has 1 rings (SSSR count). The van der Waals surface area contributed by atoms with Crippen LogP contribution in [0.4, 0.5) is 13.2 Å². The Morgan fingerprint density at radius 1 is 1.29 bits per heavy atom. The van der Waals surface area contributed by atoms with E-state index in [4.69, 9.17) is 4.74 Å². The maximum Gasteiger partial charge on any atom is 0.574 e. The lowest BCUT2D eigenvalue weighted by atomic mass is 10.0. The number of methoxy groups -OCH3 is 1. The largest absolute Gasteiger partial charge is 0.574 e. The lowest BCUT2D eigenvalue weighted by molar-refractivity contribution is -0.276. The van der Waals surface area contributed by atoms with Gasteiger partial charge in [-0.05, 0) is 18.9 Å². The van der Waals surface area contributed by atoms with Crippen molar-refractivity contribution in [3.63, 3.8) is 0 Å². The second-order valence-electron chi connectivity index (χ2n) is 3.87. The monoisotopic (exact) mass is 249 g/mol. The van der Waals surface area contributed by atoms with Crippen LogP contribution in [-0.4, -0.2) is 18.5 Å². The highest BCUT2D eigenvalue weighted by molar-refractivity contribution is 5.40. The summed E-state index contributed by atoms with van der Waals surface area (Å²) in [6, 6.07) is 1.52. The average molecular weight is 249 g/mol. The number of aromatic nitrogens is 1. The van der Waals surface area contributed by atoms with Crippen molar-refractivity contribution in [2.45, 2.75) is 33.1 Å². The summed E-state index contributed by atoms with van der Waals surface area (Å²) in [7, 11) is 1.44. The fraction of sp³-hybridized carbons (Fsp3) is 0.545. The zero-order valence-electron chi connectivity index (χ0n) is 10.1. The quantitative estimate of drug-likeness (QED) is 0.822. The Balaban J connectivity index is 3.23. The van der Waals surface area contributed by atoms with Gasteiger partial charge < -0.3 is 9.47 Å². The predicted molar refractivity (Wildman–Crippen MR) is 56.3 cm³/mol. The van der Waals surface area contributed by atoms with Gasteiger partial charge in [-0.15, -0.1) is 13.2 Å². The molecule has 3 nitrogen and oxygen atoms in total. The van der Waals surface area contributed by atoms with Gasteiger partial charge in [0.05, 0.1) is 12.8 Å². The molecule has 1 heterocycles. The van der Waals surface area contributed by atoms with Gasteiger partial charge in [-0.3, -0.25) is 0 Å². The van der Waals surface area contributed by atoms with Crippen LogP contribution in [0.1, 0.15) is 31.0 Å². The maximum atomic E-state index is 12.2. The number of ether oxygens (including phenoxy) is 2. The van der Waals surface area contributed by atoms with Crippen LogP contribution in [0.3, 0.4) is 0 Å². The third-order valence-electron chi connectivity index (χ3n) is 2.21. The second kappa shape index (κ2) is 4.81. The average Bonchev–Trinajstić information content (AvgIpc) is 2.14. The molecule has 6 heteroatoms. The number of hydrogen-bond acceptors (Lipinski definition) is 3. The van der Waals surface area contributed by atoms with Gasteiger partial charge >= 0.3 is 6.36 Å². The predicted octanol–water partition coefficient (Wildman–Crippen LogP) is 3.42. The Morgan fingerprint density at radius 3 is 2.29 bits per heavy atom. The van der Waals surface area contributed by atoms with Crippen LogP contribution in [-0.2, 0) is 0 Å². The number of aryl methyl sites for hydroxylation is 1. The van der Waals surface area contributed by atoms with E-state index in [0.717, 1.165) is 0 Å². The van der Waals surface area contributed by atoms with Crippen molar-refractivity contribution < 1.29 is 22.6 Å². The molecule has 0 fully saturated rings. The lowest BCUT2D eigenvalue weighted by Crippen LogP contribution is -2.19. The molecular weight excluding hydrogens is 235 g/mol. The van der Waals surface area contributed by atoms with Crippen LogP contribution >= 0.6 is 0 Å². The molecule has 0 aliphatic rings. The molecular formula is C11H14F3NO2. The van der Waals surface area contributed by atoms with E-state index < -0.39 is 12.2 Å². The molecule has 0 saturated carbocycles. The molecule has 1 aromatic rings. The molecule has 1 aromatic heterocycles. The van der Waals surface area contributed by atoms with Gasteiger partial charge in [-0.1, -0.05) is 13.8 Å². The van der Waals surface area contributed by atoms with Crippen LogP contribution in [0.25, 0.3) is 0 Å². The SMILES string of the molecule is COc1cc(C(C)C)c(OC(F)(F)F)nc1C. The van der Waals surface area contributed by atoms with Gasteiger partial charge in [0, 0.05) is 5.56 Å². The Hall–Kier alpha value is -1.46. The summed E-state index contributed by atoms with van der Waals surface area (Å²) in [5.74, 6) is -0.108. The van der Waals surface area contributed by atoms with Crippen LogP contribution in [0.2, 0.25) is 0 Å². The zero-order chi connectivity index (χ0) is 13.2. The van der Waals surface area contributed by atoms with Crippen molar-refractivity contribution in [3.05, 3.63) is 17.3 Å². The number of nitrogens with zero attached hydrogens (tertiary/aromatic N) is 1. The molecule has 0 aliphatic heterocycles. The number of hydrogen-bond donors (Lipinski definition) is 0. The summed E-state index contributed by atoms with van der Waals surface area (Å²) in [4.78, 5) is 3.78. The molecule has 0 unspecified atom stereocenters. The molecule has 0 spiro atoms. The number of pyridine rings is 1. The van der Waals surface area contributed by atoms with Crippen LogP contribution < -0.4 is 9.47 Å². The molecule has 0 amide bonds. The Bertz CT molecular complexity index is 402. The summed E-state index contributed by atoms with van der Waals surface area (Å²) < 4.78 is 45.5. The van der Waals surface area contributed by atoms with Crippen molar-refractivity contribution in [3.8, 4) is 11.6 Å². The van der Waals surface area contributed by atoms with Gasteiger partial charge in [0.25, 0.3) is 0 Å². The van der Waals surface area contributed by atoms with Crippen molar-refractivity contribution >= 4 is 0 Å². The molecule has 0 saturated heterocycles. The van der Waals surface area contributed by atoms with E-state index in [0.29, 0.717) is 17.0 Å². The van der Waals surface area contributed by atoms with Gasteiger partial charge in [0.2, 0.25) is 5.88 Å². The zero-order valence-corrected chi connectivity index (χ0v) is 10.1. The second-order valence-corrected chi connectivity index (χ2v) is 3.87. The number of rotatable bonds is 3. The Morgan fingerprint density at radius 2 is 1.88 bits per heavy atom. The first kappa shape index (κ1) is 13.6. The molecule has 0 aromatic carbocycles. The highest BCUT2D eigenvalue weighted by Gasteiger charge is 2.33. The first-order valence-corrected chi connectivity index (χ1v) is 5.06. The fourth-order valence-corrected chi connectivity index (χ4v) is 1.39. The summed E-state index contributed by atoms with van der Waals surface area (Å²) in [6.07, 6.45) is -4.74. The van der Waals surface area contributed by atoms with Gasteiger partial charge in [-0.25, -0.2) is 4.98 Å². The van der Waals surface area contributed by atoms with Gasteiger partial charge in [0.15, 0.2) is 0 Å². The number of halogens is 3. The summed E-state index contributed by atoms with van der Waals surface area (Å²) in [5, 5.41) is 0. The Labute approximate surface area is 97.6 Å². The summed E-state index contributed by atoms with van der Waals surface area (Å²) in [5.41, 5.74) is 0.723. The van der Waals surface area contributed by atoms with Gasteiger partial charge in [0.1, 0.15) is 5.75 Å². The van der Waals surface area contributed by atoms with E-state index in [2.05, 4.69) is 9.72 Å². The summed E-state index contributed by atoms with van der Waals surface area (Å²) >= 11 is 0. The lowest BCUT2D eigenvalue weighted by Gasteiger charge is -2.16. The summed E-state index contributed by atoms with van der Waals surface area (Å²) in [6.45, 7) is 5.08. The van der Waals surface area contributed by atoms with E-state index >= 15 is 0 Å². The molecule has 0 bridgehead atoms. The normalized spacial score (nSPS) is 11.8. The van der Waals surface area contributed by atoms with Crippen molar-refractivity contribution in [2.24, 2.45) is 0 Å². The topological polar surface area (TPSA) is 31.4 Å². The fourth-order valence-electron chi connectivity index (χ4n) is 1.39. The molecule has 96 valence electrons. The van der Waals surface area contributed by atoms with Crippen LogP contribution in [0.5, 0.6) is 11.6 Å². The minimum atomic E-state index is -4.74. The minimum absolute atomic E-state index is 0.144. The smallest absolute Gasteiger partial charge is 0.495 e. The van der Waals surface area contributed by atoms with Crippen molar-refractivity contribution in [1.29, 1.82) is 0 Å².